The summed E-state index contributed by atoms with van der Waals surface area (Å²) in [6.07, 6.45) is 4.41. The van der Waals surface area contributed by atoms with E-state index in [9.17, 15) is 0 Å². The molecule has 130 valence electrons. The van der Waals surface area contributed by atoms with Gasteiger partial charge in [-0.05, 0) is 51.3 Å². The van der Waals surface area contributed by atoms with E-state index in [-0.39, 0.29) is 24.0 Å². The highest BCUT2D eigenvalue weighted by Crippen LogP contribution is 2.17. The van der Waals surface area contributed by atoms with Gasteiger partial charge in [0.25, 0.3) is 0 Å². The Kier molecular flexibility index (Phi) is 9.47. The van der Waals surface area contributed by atoms with Crippen molar-refractivity contribution >= 4 is 29.9 Å². The Morgan fingerprint density at radius 2 is 2.22 bits per heavy atom. The molecular weight excluding hydrogens is 401 g/mol. The number of nitrogens with one attached hydrogen (secondary N) is 2. The Bertz CT molecular complexity index is 463. The highest BCUT2D eigenvalue weighted by atomic mass is 127. The van der Waals surface area contributed by atoms with Crippen LogP contribution in [0.3, 0.4) is 0 Å². The molecule has 5 nitrogen and oxygen atoms in total. The monoisotopic (exact) mass is 431 g/mol. The summed E-state index contributed by atoms with van der Waals surface area (Å²) >= 11 is 0. The van der Waals surface area contributed by atoms with Crippen molar-refractivity contribution in [2.75, 3.05) is 26.7 Å². The van der Waals surface area contributed by atoms with Crippen LogP contribution in [0.5, 0.6) is 0 Å². The van der Waals surface area contributed by atoms with Crippen LogP contribution in [-0.4, -0.2) is 48.6 Å². The van der Waals surface area contributed by atoms with Crippen LogP contribution in [0.4, 0.5) is 0 Å². The van der Waals surface area contributed by atoms with E-state index in [1.54, 1.807) is 0 Å². The number of rotatable bonds is 5. The van der Waals surface area contributed by atoms with Crippen LogP contribution >= 0.6 is 24.0 Å². The van der Waals surface area contributed by atoms with Gasteiger partial charge in [-0.1, -0.05) is 6.07 Å². The first kappa shape index (κ1) is 20.2. The number of likely N-dealkylation sites (tertiary alicyclic amines) is 1. The molecule has 0 bridgehead atoms. The first-order valence-electron chi connectivity index (χ1n) is 8.27. The van der Waals surface area contributed by atoms with Gasteiger partial charge in [0.15, 0.2) is 5.96 Å². The van der Waals surface area contributed by atoms with Gasteiger partial charge in [0, 0.05) is 32.4 Å². The van der Waals surface area contributed by atoms with E-state index in [1.807, 2.05) is 31.4 Å². The zero-order valence-corrected chi connectivity index (χ0v) is 16.8. The van der Waals surface area contributed by atoms with Crippen LogP contribution in [0.1, 0.15) is 32.4 Å². The Labute approximate surface area is 157 Å². The number of aromatic nitrogens is 1. The second-order valence-corrected chi connectivity index (χ2v) is 6.22. The van der Waals surface area contributed by atoms with Crippen molar-refractivity contribution in [3.63, 3.8) is 0 Å². The van der Waals surface area contributed by atoms with Gasteiger partial charge in [-0.2, -0.15) is 0 Å². The molecule has 0 saturated carbocycles. The molecule has 1 aromatic heterocycles. The van der Waals surface area contributed by atoms with Crippen molar-refractivity contribution in [3.8, 4) is 0 Å². The average molecular weight is 431 g/mol. The predicted octanol–water partition coefficient (Wildman–Crippen LogP) is 2.49. The summed E-state index contributed by atoms with van der Waals surface area (Å²) in [5.74, 6) is 1.55. The minimum Gasteiger partial charge on any atom is -0.356 e. The Morgan fingerprint density at radius 1 is 1.39 bits per heavy atom. The highest BCUT2D eigenvalue weighted by molar-refractivity contribution is 14.0. The number of guanidine groups is 1. The van der Waals surface area contributed by atoms with Crippen LogP contribution in [0, 0.1) is 5.92 Å². The molecule has 1 atom stereocenters. The smallest absolute Gasteiger partial charge is 0.191 e. The molecule has 1 aliphatic heterocycles. The maximum Gasteiger partial charge on any atom is 0.191 e. The zero-order valence-electron chi connectivity index (χ0n) is 14.5. The van der Waals surface area contributed by atoms with Crippen molar-refractivity contribution in [1.29, 1.82) is 0 Å². The van der Waals surface area contributed by atoms with E-state index in [0.717, 1.165) is 18.2 Å². The zero-order chi connectivity index (χ0) is 15.8. The molecule has 0 aliphatic carbocycles. The molecule has 0 aromatic carbocycles. The molecule has 23 heavy (non-hydrogen) atoms. The molecule has 2 heterocycles. The molecule has 1 saturated heterocycles. The molecule has 1 unspecified atom stereocenters. The van der Waals surface area contributed by atoms with Gasteiger partial charge in [-0.25, -0.2) is 0 Å². The summed E-state index contributed by atoms with van der Waals surface area (Å²) < 4.78 is 0. The first-order valence-corrected chi connectivity index (χ1v) is 8.27. The highest BCUT2D eigenvalue weighted by Gasteiger charge is 2.21. The van der Waals surface area contributed by atoms with Crippen LogP contribution < -0.4 is 10.6 Å². The fourth-order valence-electron chi connectivity index (χ4n) is 2.87. The molecular formula is C17H30IN5. The van der Waals surface area contributed by atoms with Gasteiger partial charge in [0.2, 0.25) is 0 Å². The van der Waals surface area contributed by atoms with E-state index in [1.165, 1.54) is 25.9 Å². The number of halogens is 1. The van der Waals surface area contributed by atoms with E-state index in [2.05, 4.69) is 39.4 Å². The SMILES string of the molecule is CN=C(NCc1ccccn1)NCC1CCCN(C(C)C)C1.I. The van der Waals surface area contributed by atoms with Gasteiger partial charge >= 0.3 is 0 Å². The van der Waals surface area contributed by atoms with E-state index < -0.39 is 0 Å². The maximum atomic E-state index is 4.31. The molecule has 6 heteroatoms. The molecule has 0 spiro atoms. The lowest BCUT2D eigenvalue weighted by atomic mass is 9.97. The minimum absolute atomic E-state index is 0. The van der Waals surface area contributed by atoms with E-state index >= 15 is 0 Å². The lowest BCUT2D eigenvalue weighted by Gasteiger charge is -2.35. The summed E-state index contributed by atoms with van der Waals surface area (Å²) in [6.45, 7) is 8.66. The third kappa shape index (κ3) is 7.03. The van der Waals surface area contributed by atoms with Crippen LogP contribution in [-0.2, 0) is 6.54 Å². The summed E-state index contributed by atoms with van der Waals surface area (Å²) in [5, 5.41) is 6.78. The van der Waals surface area contributed by atoms with E-state index in [0.29, 0.717) is 18.5 Å². The number of hydrogen-bond donors (Lipinski definition) is 2. The predicted molar refractivity (Wildman–Crippen MR) is 107 cm³/mol. The molecule has 1 aliphatic rings. The van der Waals surface area contributed by atoms with Crippen LogP contribution in [0.25, 0.3) is 0 Å². The Hall–Kier alpha value is -0.890. The van der Waals surface area contributed by atoms with Gasteiger partial charge in [0.05, 0.1) is 12.2 Å². The summed E-state index contributed by atoms with van der Waals surface area (Å²) in [5.41, 5.74) is 1.02. The van der Waals surface area contributed by atoms with Crippen LogP contribution in [0.2, 0.25) is 0 Å². The Balaban J connectivity index is 0.00000264. The van der Waals surface area contributed by atoms with Crippen molar-refractivity contribution in [2.24, 2.45) is 10.9 Å². The fraction of sp³-hybridized carbons (Fsp3) is 0.647. The first-order chi connectivity index (χ1) is 10.7. The fourth-order valence-corrected chi connectivity index (χ4v) is 2.87. The van der Waals surface area contributed by atoms with Gasteiger partial charge in [0.1, 0.15) is 0 Å². The summed E-state index contributed by atoms with van der Waals surface area (Å²) in [7, 11) is 1.81. The minimum atomic E-state index is 0. The molecule has 1 fully saturated rings. The standard InChI is InChI=1S/C17H29N5.HI/c1-14(2)22-10-6-7-15(13-22)11-20-17(18-3)21-12-16-8-4-5-9-19-16;/h4-5,8-9,14-15H,6-7,10-13H2,1-3H3,(H2,18,20,21);1H. The summed E-state index contributed by atoms with van der Waals surface area (Å²) in [4.78, 5) is 11.2. The molecule has 2 N–H and O–H groups in total. The average Bonchev–Trinajstić information content (AvgIpc) is 2.56. The number of pyridine rings is 1. The third-order valence-electron chi connectivity index (χ3n) is 4.23. The van der Waals surface area contributed by atoms with Crippen LogP contribution in [0.15, 0.2) is 29.4 Å². The largest absolute Gasteiger partial charge is 0.356 e. The molecule has 0 radical (unpaired) electrons. The van der Waals surface area contributed by atoms with Crippen molar-refractivity contribution in [3.05, 3.63) is 30.1 Å². The third-order valence-corrected chi connectivity index (χ3v) is 4.23. The number of piperidine rings is 1. The van der Waals surface area contributed by atoms with Gasteiger partial charge < -0.3 is 15.5 Å². The van der Waals surface area contributed by atoms with Gasteiger partial charge in [-0.15, -0.1) is 24.0 Å². The molecule has 1 aromatic rings. The number of hydrogen-bond acceptors (Lipinski definition) is 3. The van der Waals surface area contributed by atoms with Gasteiger partial charge in [-0.3, -0.25) is 9.98 Å². The molecule has 2 rings (SSSR count). The second-order valence-electron chi connectivity index (χ2n) is 6.22. The lowest BCUT2D eigenvalue weighted by Crippen LogP contribution is -2.46. The Morgan fingerprint density at radius 3 is 2.87 bits per heavy atom. The number of nitrogens with zero attached hydrogens (tertiary/aromatic N) is 3. The maximum absolute atomic E-state index is 4.31. The van der Waals surface area contributed by atoms with Crippen molar-refractivity contribution in [1.82, 2.24) is 20.5 Å². The van der Waals surface area contributed by atoms with Crippen molar-refractivity contribution < 1.29 is 0 Å². The summed E-state index contributed by atoms with van der Waals surface area (Å²) in [6, 6.07) is 6.59. The second kappa shape index (κ2) is 10.8. The lowest BCUT2D eigenvalue weighted by molar-refractivity contribution is 0.141. The van der Waals surface area contributed by atoms with E-state index in [4.69, 9.17) is 0 Å². The quantitative estimate of drug-likeness (QED) is 0.428. The normalized spacial score (nSPS) is 19.3. The van der Waals surface area contributed by atoms with Crippen molar-refractivity contribution in [2.45, 2.75) is 39.3 Å². The number of aliphatic imine (C=N–C) groups is 1. The molecule has 0 amide bonds. The topological polar surface area (TPSA) is 52.6 Å².